The van der Waals surface area contributed by atoms with Gasteiger partial charge in [-0.3, -0.25) is 9.59 Å². The normalized spacial score (nSPS) is 12.8. The minimum atomic E-state index is -0.464. The summed E-state index contributed by atoms with van der Waals surface area (Å²) in [6.45, 7) is 6.34. The predicted molar refractivity (Wildman–Crippen MR) is 120 cm³/mol. The Morgan fingerprint density at radius 3 is 2.29 bits per heavy atom. The van der Waals surface area contributed by atoms with Crippen molar-refractivity contribution in [2.75, 3.05) is 18.1 Å². The van der Waals surface area contributed by atoms with Gasteiger partial charge in [-0.1, -0.05) is 35.9 Å². The summed E-state index contributed by atoms with van der Waals surface area (Å²) >= 11 is 6.29. The first-order valence-electron chi connectivity index (χ1n) is 10.1. The average Bonchev–Trinajstić information content (AvgIpc) is 3.09. The SMILES string of the molecule is CCOc1c2c(c(OCC)c3ccccc13)C(=O)N(c1ccc(OC(C)=O)c(Cl)c1)C2. The second kappa shape index (κ2) is 8.47. The van der Waals surface area contributed by atoms with Gasteiger partial charge in [0.25, 0.3) is 5.91 Å². The Labute approximate surface area is 185 Å². The van der Waals surface area contributed by atoms with Crippen molar-refractivity contribution in [1.82, 2.24) is 0 Å². The first-order valence-corrected chi connectivity index (χ1v) is 10.5. The molecule has 0 saturated carbocycles. The lowest BCUT2D eigenvalue weighted by Crippen LogP contribution is -2.23. The summed E-state index contributed by atoms with van der Waals surface area (Å²) in [5.74, 6) is 0.842. The van der Waals surface area contributed by atoms with Crippen molar-refractivity contribution in [3.05, 3.63) is 58.6 Å². The molecule has 31 heavy (non-hydrogen) atoms. The molecule has 0 aromatic heterocycles. The Morgan fingerprint density at radius 2 is 1.68 bits per heavy atom. The summed E-state index contributed by atoms with van der Waals surface area (Å²) in [6, 6.07) is 12.7. The maximum atomic E-state index is 13.5. The number of carbonyl (C=O) groups is 2. The van der Waals surface area contributed by atoms with Crippen LogP contribution in [0.15, 0.2) is 42.5 Å². The maximum Gasteiger partial charge on any atom is 0.308 e. The van der Waals surface area contributed by atoms with E-state index in [1.54, 1.807) is 23.1 Å². The average molecular weight is 440 g/mol. The van der Waals surface area contributed by atoms with Gasteiger partial charge in [-0.2, -0.15) is 0 Å². The number of hydrogen-bond acceptors (Lipinski definition) is 5. The lowest BCUT2D eigenvalue weighted by molar-refractivity contribution is -0.131. The Bertz CT molecular complexity index is 1190. The van der Waals surface area contributed by atoms with Crippen LogP contribution in [-0.2, 0) is 11.3 Å². The van der Waals surface area contributed by atoms with Crippen LogP contribution in [0.2, 0.25) is 5.02 Å². The number of nitrogens with zero attached hydrogens (tertiary/aromatic N) is 1. The zero-order chi connectivity index (χ0) is 22.1. The molecule has 160 valence electrons. The van der Waals surface area contributed by atoms with Crippen LogP contribution in [0.4, 0.5) is 5.69 Å². The maximum absolute atomic E-state index is 13.5. The third kappa shape index (κ3) is 3.68. The molecular formula is C24H22ClNO5. The molecule has 6 nitrogen and oxygen atoms in total. The summed E-state index contributed by atoms with van der Waals surface area (Å²) in [5, 5.41) is 1.99. The largest absolute Gasteiger partial charge is 0.493 e. The second-order valence-corrected chi connectivity index (χ2v) is 7.43. The molecule has 0 fully saturated rings. The van der Waals surface area contributed by atoms with E-state index < -0.39 is 5.97 Å². The van der Waals surface area contributed by atoms with E-state index in [0.717, 1.165) is 16.3 Å². The molecule has 0 unspecified atom stereocenters. The number of amides is 1. The van der Waals surface area contributed by atoms with Gasteiger partial charge < -0.3 is 19.1 Å². The van der Waals surface area contributed by atoms with Crippen molar-refractivity contribution in [2.24, 2.45) is 0 Å². The van der Waals surface area contributed by atoms with Gasteiger partial charge in [0.2, 0.25) is 0 Å². The highest BCUT2D eigenvalue weighted by atomic mass is 35.5. The van der Waals surface area contributed by atoms with E-state index in [2.05, 4.69) is 0 Å². The van der Waals surface area contributed by atoms with E-state index >= 15 is 0 Å². The molecule has 0 saturated heterocycles. The van der Waals surface area contributed by atoms with Crippen molar-refractivity contribution in [1.29, 1.82) is 0 Å². The zero-order valence-electron chi connectivity index (χ0n) is 17.5. The highest BCUT2D eigenvalue weighted by Gasteiger charge is 2.36. The summed E-state index contributed by atoms with van der Waals surface area (Å²) in [7, 11) is 0. The fourth-order valence-electron chi connectivity index (χ4n) is 3.88. The number of ether oxygens (including phenoxy) is 3. The summed E-state index contributed by atoms with van der Waals surface area (Å²) in [4.78, 5) is 26.4. The standard InChI is InChI=1S/C24H22ClNO5/c1-4-29-22-16-8-6-7-9-17(16)23(30-5-2)21-18(22)13-26(24(21)28)15-10-11-20(19(25)12-15)31-14(3)27/h6-12H,4-5,13H2,1-3H3. The fraction of sp³-hybridized carbons (Fsp3) is 0.250. The molecule has 0 atom stereocenters. The fourth-order valence-corrected chi connectivity index (χ4v) is 4.09. The summed E-state index contributed by atoms with van der Waals surface area (Å²) in [6.07, 6.45) is 0. The van der Waals surface area contributed by atoms with E-state index in [1.165, 1.54) is 6.92 Å². The number of hydrogen-bond donors (Lipinski definition) is 0. The molecule has 7 heteroatoms. The molecular weight excluding hydrogens is 418 g/mol. The van der Waals surface area contributed by atoms with E-state index in [9.17, 15) is 9.59 Å². The Balaban J connectivity index is 1.85. The van der Waals surface area contributed by atoms with Gasteiger partial charge in [-0.25, -0.2) is 0 Å². The minimum absolute atomic E-state index is 0.193. The Hall–Kier alpha value is -3.25. The van der Waals surface area contributed by atoms with Crippen LogP contribution in [0.25, 0.3) is 10.8 Å². The van der Waals surface area contributed by atoms with Crippen molar-refractivity contribution in [3.63, 3.8) is 0 Å². The molecule has 4 rings (SSSR count). The summed E-state index contributed by atoms with van der Waals surface area (Å²) in [5.41, 5.74) is 1.88. The van der Waals surface area contributed by atoms with Gasteiger partial charge in [-0.05, 0) is 32.0 Å². The molecule has 0 radical (unpaired) electrons. The third-order valence-corrected chi connectivity index (χ3v) is 5.35. The van der Waals surface area contributed by atoms with Gasteiger partial charge in [0.05, 0.1) is 30.3 Å². The van der Waals surface area contributed by atoms with Crippen molar-refractivity contribution in [2.45, 2.75) is 27.3 Å². The summed E-state index contributed by atoms with van der Waals surface area (Å²) < 4.78 is 17.0. The minimum Gasteiger partial charge on any atom is -0.493 e. The van der Waals surface area contributed by atoms with Crippen molar-refractivity contribution >= 4 is 39.9 Å². The van der Waals surface area contributed by atoms with Crippen LogP contribution in [0.3, 0.4) is 0 Å². The topological polar surface area (TPSA) is 65.1 Å². The van der Waals surface area contributed by atoms with E-state index in [1.807, 2.05) is 38.1 Å². The molecule has 0 N–H and O–H groups in total. The highest BCUT2D eigenvalue weighted by molar-refractivity contribution is 6.32. The molecule has 0 spiro atoms. The number of carbonyl (C=O) groups excluding carboxylic acids is 2. The van der Waals surface area contributed by atoms with Crippen LogP contribution >= 0.6 is 11.6 Å². The number of esters is 1. The number of halogens is 1. The Kier molecular flexibility index (Phi) is 5.74. The lowest BCUT2D eigenvalue weighted by Gasteiger charge is -2.17. The third-order valence-electron chi connectivity index (χ3n) is 5.05. The molecule has 1 amide bonds. The van der Waals surface area contributed by atoms with E-state index in [0.29, 0.717) is 42.5 Å². The second-order valence-electron chi connectivity index (χ2n) is 7.02. The van der Waals surface area contributed by atoms with Crippen molar-refractivity contribution in [3.8, 4) is 17.2 Å². The van der Waals surface area contributed by atoms with Gasteiger partial charge >= 0.3 is 5.97 Å². The molecule has 1 heterocycles. The van der Waals surface area contributed by atoms with Gasteiger partial charge in [0, 0.05) is 28.9 Å². The number of rotatable bonds is 6. The van der Waals surface area contributed by atoms with Crippen LogP contribution in [0, 0.1) is 0 Å². The van der Waals surface area contributed by atoms with Gasteiger partial charge in [0.15, 0.2) is 0 Å². The van der Waals surface area contributed by atoms with Crippen LogP contribution in [0.5, 0.6) is 17.2 Å². The first kappa shape index (κ1) is 21.0. The van der Waals surface area contributed by atoms with Gasteiger partial charge in [-0.15, -0.1) is 0 Å². The molecule has 1 aliphatic heterocycles. The first-order chi connectivity index (χ1) is 15.0. The van der Waals surface area contributed by atoms with Crippen LogP contribution in [0.1, 0.15) is 36.7 Å². The number of fused-ring (bicyclic) bond motifs is 2. The molecule has 0 bridgehead atoms. The number of benzene rings is 3. The molecule has 3 aromatic carbocycles. The van der Waals surface area contributed by atoms with E-state index in [-0.39, 0.29) is 16.7 Å². The smallest absolute Gasteiger partial charge is 0.308 e. The van der Waals surface area contributed by atoms with Crippen LogP contribution in [-0.4, -0.2) is 25.1 Å². The van der Waals surface area contributed by atoms with Crippen molar-refractivity contribution < 1.29 is 23.8 Å². The lowest BCUT2D eigenvalue weighted by atomic mass is 9.99. The predicted octanol–water partition coefficient (Wildman–Crippen LogP) is 5.38. The van der Waals surface area contributed by atoms with Crippen LogP contribution < -0.4 is 19.1 Å². The zero-order valence-corrected chi connectivity index (χ0v) is 18.3. The monoisotopic (exact) mass is 439 g/mol. The quantitative estimate of drug-likeness (QED) is 0.381. The molecule has 3 aromatic rings. The number of anilines is 1. The highest BCUT2D eigenvalue weighted by Crippen LogP contribution is 2.46. The van der Waals surface area contributed by atoms with E-state index in [4.69, 9.17) is 25.8 Å². The van der Waals surface area contributed by atoms with Gasteiger partial charge in [0.1, 0.15) is 17.2 Å². The molecule has 0 aliphatic carbocycles. The molecule has 1 aliphatic rings. The Morgan fingerprint density at radius 1 is 1.03 bits per heavy atom.